The van der Waals surface area contributed by atoms with Crippen molar-refractivity contribution in [2.75, 3.05) is 19.6 Å². The van der Waals surface area contributed by atoms with Crippen LogP contribution < -0.4 is 0 Å². The number of fused-ring (bicyclic) bond motifs is 1. The Morgan fingerprint density at radius 1 is 1.00 bits per heavy atom. The SMILES string of the molecule is C1CCCN2CCN=C2CC1. The standard InChI is InChI=1S/C9H16N2/c1-2-4-7-11-8-6-10-9(11)5-3-1/h1-8H2. The van der Waals surface area contributed by atoms with Crippen LogP contribution in [0.15, 0.2) is 4.99 Å². The molecular formula is C9H16N2. The first-order valence-corrected chi connectivity index (χ1v) is 4.75. The third-order valence-electron chi connectivity index (χ3n) is 2.61. The Morgan fingerprint density at radius 2 is 1.91 bits per heavy atom. The zero-order chi connectivity index (χ0) is 7.52. The van der Waals surface area contributed by atoms with Crippen LogP contribution in [0.5, 0.6) is 0 Å². The highest BCUT2D eigenvalue weighted by atomic mass is 15.2. The molecule has 2 aliphatic heterocycles. The Balaban J connectivity index is 1.98. The molecule has 0 aromatic carbocycles. The van der Waals surface area contributed by atoms with Gasteiger partial charge in [-0.15, -0.1) is 0 Å². The van der Waals surface area contributed by atoms with E-state index < -0.39 is 0 Å². The summed E-state index contributed by atoms with van der Waals surface area (Å²) in [5, 5.41) is 0. The lowest BCUT2D eigenvalue weighted by Crippen LogP contribution is -2.29. The fourth-order valence-corrected chi connectivity index (χ4v) is 1.95. The molecular weight excluding hydrogens is 136 g/mol. The van der Waals surface area contributed by atoms with E-state index in [2.05, 4.69) is 9.89 Å². The summed E-state index contributed by atoms with van der Waals surface area (Å²) in [4.78, 5) is 6.97. The van der Waals surface area contributed by atoms with Gasteiger partial charge in [-0.1, -0.05) is 12.8 Å². The van der Waals surface area contributed by atoms with Crippen molar-refractivity contribution in [1.29, 1.82) is 0 Å². The average molecular weight is 152 g/mol. The number of hydrogen-bond acceptors (Lipinski definition) is 2. The van der Waals surface area contributed by atoms with Crippen molar-refractivity contribution < 1.29 is 0 Å². The second kappa shape index (κ2) is 3.24. The molecule has 1 saturated heterocycles. The Bertz CT molecular complexity index is 163. The summed E-state index contributed by atoms with van der Waals surface area (Å²) in [7, 11) is 0. The van der Waals surface area contributed by atoms with Crippen molar-refractivity contribution >= 4 is 5.84 Å². The van der Waals surface area contributed by atoms with E-state index in [0.717, 1.165) is 6.54 Å². The summed E-state index contributed by atoms with van der Waals surface area (Å²) >= 11 is 0. The largest absolute Gasteiger partial charge is 0.359 e. The number of nitrogens with zero attached hydrogens (tertiary/aromatic N) is 2. The second-order valence-corrected chi connectivity index (χ2v) is 3.45. The Kier molecular flexibility index (Phi) is 2.11. The molecule has 0 amide bonds. The maximum absolute atomic E-state index is 4.50. The number of amidine groups is 1. The van der Waals surface area contributed by atoms with Gasteiger partial charge in [-0.25, -0.2) is 0 Å². The van der Waals surface area contributed by atoms with E-state index in [0.29, 0.717) is 0 Å². The van der Waals surface area contributed by atoms with Gasteiger partial charge < -0.3 is 4.90 Å². The molecule has 62 valence electrons. The molecule has 2 nitrogen and oxygen atoms in total. The van der Waals surface area contributed by atoms with Crippen LogP contribution in [0, 0.1) is 0 Å². The van der Waals surface area contributed by atoms with E-state index in [9.17, 15) is 0 Å². The van der Waals surface area contributed by atoms with Crippen LogP contribution in [0.25, 0.3) is 0 Å². The second-order valence-electron chi connectivity index (χ2n) is 3.45. The summed E-state index contributed by atoms with van der Waals surface area (Å²) < 4.78 is 0. The van der Waals surface area contributed by atoms with Gasteiger partial charge in [0.15, 0.2) is 0 Å². The van der Waals surface area contributed by atoms with Gasteiger partial charge in [-0.2, -0.15) is 0 Å². The molecule has 2 heterocycles. The lowest BCUT2D eigenvalue weighted by atomic mass is 10.1. The van der Waals surface area contributed by atoms with Gasteiger partial charge in [0, 0.05) is 19.5 Å². The highest BCUT2D eigenvalue weighted by Gasteiger charge is 2.16. The zero-order valence-corrected chi connectivity index (χ0v) is 7.05. The van der Waals surface area contributed by atoms with Gasteiger partial charge in [0.05, 0.1) is 12.4 Å². The molecule has 0 aliphatic carbocycles. The minimum Gasteiger partial charge on any atom is -0.359 e. The quantitative estimate of drug-likeness (QED) is 0.515. The van der Waals surface area contributed by atoms with Gasteiger partial charge in [0.1, 0.15) is 0 Å². The Hall–Kier alpha value is -0.530. The first kappa shape index (κ1) is 7.14. The third-order valence-corrected chi connectivity index (χ3v) is 2.61. The summed E-state index contributed by atoms with van der Waals surface area (Å²) in [5.41, 5.74) is 0. The van der Waals surface area contributed by atoms with Crippen LogP contribution in [0.4, 0.5) is 0 Å². The highest BCUT2D eigenvalue weighted by molar-refractivity contribution is 5.83. The van der Waals surface area contributed by atoms with Crippen LogP contribution in [0.2, 0.25) is 0 Å². The first-order valence-electron chi connectivity index (χ1n) is 4.75. The summed E-state index contributed by atoms with van der Waals surface area (Å²) in [6.45, 7) is 3.50. The third kappa shape index (κ3) is 1.55. The fourth-order valence-electron chi connectivity index (χ4n) is 1.95. The van der Waals surface area contributed by atoms with Crippen molar-refractivity contribution in [1.82, 2.24) is 4.90 Å². The van der Waals surface area contributed by atoms with Crippen molar-refractivity contribution in [3.63, 3.8) is 0 Å². The molecule has 0 atom stereocenters. The molecule has 2 rings (SSSR count). The van der Waals surface area contributed by atoms with Crippen LogP contribution in [-0.4, -0.2) is 30.4 Å². The van der Waals surface area contributed by atoms with Crippen molar-refractivity contribution in [3.8, 4) is 0 Å². The van der Waals surface area contributed by atoms with Gasteiger partial charge in [0.25, 0.3) is 0 Å². The summed E-state index contributed by atoms with van der Waals surface area (Å²) in [6.07, 6.45) is 6.80. The number of aliphatic imine (C=N–C) groups is 1. The van der Waals surface area contributed by atoms with E-state index in [1.165, 1.54) is 51.0 Å². The zero-order valence-electron chi connectivity index (χ0n) is 7.05. The van der Waals surface area contributed by atoms with Gasteiger partial charge in [-0.3, -0.25) is 4.99 Å². The lowest BCUT2D eigenvalue weighted by molar-refractivity contribution is 0.410. The van der Waals surface area contributed by atoms with Gasteiger partial charge in [-0.05, 0) is 12.8 Å². The Labute approximate surface area is 68.3 Å². The fraction of sp³-hybridized carbons (Fsp3) is 0.889. The summed E-state index contributed by atoms with van der Waals surface area (Å²) in [6, 6.07) is 0. The van der Waals surface area contributed by atoms with Gasteiger partial charge in [0.2, 0.25) is 0 Å². The van der Waals surface area contributed by atoms with E-state index in [4.69, 9.17) is 0 Å². The Morgan fingerprint density at radius 3 is 2.91 bits per heavy atom. The molecule has 0 bridgehead atoms. The topological polar surface area (TPSA) is 15.6 Å². The first-order chi connectivity index (χ1) is 5.47. The molecule has 0 radical (unpaired) electrons. The van der Waals surface area contributed by atoms with Crippen LogP contribution >= 0.6 is 0 Å². The maximum Gasteiger partial charge on any atom is 0.0990 e. The minimum absolute atomic E-state index is 1.05. The molecule has 0 aromatic rings. The average Bonchev–Trinajstić information content (AvgIpc) is 2.35. The molecule has 0 saturated carbocycles. The molecule has 0 spiro atoms. The normalized spacial score (nSPS) is 25.5. The molecule has 2 heteroatoms. The molecule has 0 N–H and O–H groups in total. The molecule has 1 fully saturated rings. The number of rotatable bonds is 0. The predicted molar refractivity (Wildman–Crippen MR) is 47.0 cm³/mol. The molecule has 2 aliphatic rings. The molecule has 0 unspecified atom stereocenters. The lowest BCUT2D eigenvalue weighted by Gasteiger charge is -2.22. The molecule has 0 aromatic heterocycles. The maximum atomic E-state index is 4.50. The molecule has 11 heavy (non-hydrogen) atoms. The minimum atomic E-state index is 1.05. The van der Waals surface area contributed by atoms with Gasteiger partial charge >= 0.3 is 0 Å². The monoisotopic (exact) mass is 152 g/mol. The van der Waals surface area contributed by atoms with E-state index in [1.54, 1.807) is 0 Å². The van der Waals surface area contributed by atoms with E-state index in [-0.39, 0.29) is 0 Å². The summed E-state index contributed by atoms with van der Waals surface area (Å²) in [5.74, 6) is 1.39. The van der Waals surface area contributed by atoms with Crippen LogP contribution in [0.1, 0.15) is 32.1 Å². The van der Waals surface area contributed by atoms with Crippen molar-refractivity contribution in [3.05, 3.63) is 0 Å². The predicted octanol–water partition coefficient (Wildman–Crippen LogP) is 1.66. The van der Waals surface area contributed by atoms with Crippen molar-refractivity contribution in [2.45, 2.75) is 32.1 Å². The number of hydrogen-bond donors (Lipinski definition) is 0. The highest BCUT2D eigenvalue weighted by Crippen LogP contribution is 2.15. The van der Waals surface area contributed by atoms with Crippen molar-refractivity contribution in [2.24, 2.45) is 4.99 Å². The van der Waals surface area contributed by atoms with E-state index >= 15 is 0 Å². The van der Waals surface area contributed by atoms with Crippen LogP contribution in [-0.2, 0) is 0 Å². The smallest absolute Gasteiger partial charge is 0.0990 e. The van der Waals surface area contributed by atoms with Crippen LogP contribution in [0.3, 0.4) is 0 Å². The van der Waals surface area contributed by atoms with E-state index in [1.807, 2.05) is 0 Å².